The molecule has 2 aromatic carbocycles. The van der Waals surface area contributed by atoms with E-state index in [1.165, 1.54) is 26.0 Å². The summed E-state index contributed by atoms with van der Waals surface area (Å²) in [6.45, 7) is 6.44. The van der Waals surface area contributed by atoms with Crippen molar-refractivity contribution in [3.05, 3.63) is 64.6 Å². The van der Waals surface area contributed by atoms with Gasteiger partial charge in [0.1, 0.15) is 35.5 Å². The first-order valence-electron chi connectivity index (χ1n) is 12.7. The molecule has 0 amide bonds. The second-order valence-electron chi connectivity index (χ2n) is 11.0. The molecule has 1 aromatic heterocycles. The zero-order valence-corrected chi connectivity index (χ0v) is 21.3. The molecule has 2 atom stereocenters. The third-order valence-corrected chi connectivity index (χ3v) is 7.38. The highest BCUT2D eigenvalue weighted by Crippen LogP contribution is 2.43. The molecule has 0 radical (unpaired) electrons. The second-order valence-corrected chi connectivity index (χ2v) is 11.0. The van der Waals surface area contributed by atoms with E-state index >= 15 is 8.78 Å². The molecule has 1 saturated heterocycles. The first kappa shape index (κ1) is 26.0. The standard InChI is InChI=1S/C28H32F5N3O/c1-16-8-21-20-5-4-18(30)9-24(20)34-26(21)27(36(16)15-28(2,3)33)25-22(31)10-19(11-23(25)32)37-7-6-35-13-17(12-29)14-35/h4-5,9-11,16-17,27,34H,6-8,12-15H2,1-3H3/t16-,27-/m1/s1. The van der Waals surface area contributed by atoms with Crippen LogP contribution in [-0.4, -0.2) is 66.0 Å². The number of alkyl halides is 2. The Morgan fingerprint density at radius 1 is 1.08 bits per heavy atom. The Morgan fingerprint density at radius 2 is 1.78 bits per heavy atom. The van der Waals surface area contributed by atoms with Gasteiger partial charge in [0.2, 0.25) is 0 Å². The van der Waals surface area contributed by atoms with Crippen LogP contribution in [0.2, 0.25) is 0 Å². The van der Waals surface area contributed by atoms with Crippen LogP contribution in [0, 0.1) is 23.4 Å². The van der Waals surface area contributed by atoms with Crippen molar-refractivity contribution in [2.24, 2.45) is 5.92 Å². The summed E-state index contributed by atoms with van der Waals surface area (Å²) in [5, 5.41) is 0.786. The number of nitrogens with one attached hydrogen (secondary N) is 1. The quantitative estimate of drug-likeness (QED) is 0.372. The average Bonchev–Trinajstić information content (AvgIpc) is 3.12. The lowest BCUT2D eigenvalue weighted by molar-refractivity contribution is 0.0637. The van der Waals surface area contributed by atoms with Gasteiger partial charge in [-0.15, -0.1) is 0 Å². The maximum Gasteiger partial charge on any atom is 0.135 e. The minimum Gasteiger partial charge on any atom is -0.492 e. The Labute approximate surface area is 213 Å². The molecule has 0 saturated carbocycles. The van der Waals surface area contributed by atoms with Gasteiger partial charge in [0, 0.05) is 72.4 Å². The number of aromatic nitrogens is 1. The van der Waals surface area contributed by atoms with Gasteiger partial charge in [-0.25, -0.2) is 17.6 Å². The fraction of sp³-hybridized carbons (Fsp3) is 0.500. The van der Waals surface area contributed by atoms with Crippen molar-refractivity contribution in [2.45, 2.75) is 44.9 Å². The maximum absolute atomic E-state index is 15.6. The molecule has 9 heteroatoms. The third kappa shape index (κ3) is 5.21. The molecular weight excluding hydrogens is 489 g/mol. The molecule has 2 aliphatic heterocycles. The average molecular weight is 522 g/mol. The van der Waals surface area contributed by atoms with Crippen LogP contribution in [0.1, 0.15) is 43.6 Å². The van der Waals surface area contributed by atoms with Crippen LogP contribution in [0.25, 0.3) is 10.9 Å². The lowest BCUT2D eigenvalue weighted by Gasteiger charge is -2.43. The van der Waals surface area contributed by atoms with Gasteiger partial charge in [-0.3, -0.25) is 14.2 Å². The monoisotopic (exact) mass is 521 g/mol. The summed E-state index contributed by atoms with van der Waals surface area (Å²) in [6, 6.07) is 5.52. The molecule has 0 spiro atoms. The number of likely N-dealkylation sites (tertiary alicyclic amines) is 1. The topological polar surface area (TPSA) is 31.5 Å². The first-order valence-corrected chi connectivity index (χ1v) is 12.7. The van der Waals surface area contributed by atoms with Crippen LogP contribution in [-0.2, 0) is 6.42 Å². The molecule has 37 heavy (non-hydrogen) atoms. The SMILES string of the molecule is C[C@@H]1Cc2c([nH]c3cc(F)ccc23)[C@@H](c2c(F)cc(OCCN3CC(CF)C3)cc2F)N1CC(C)(C)F. The van der Waals surface area contributed by atoms with E-state index in [1.807, 2.05) is 11.8 Å². The Bertz CT molecular complexity index is 1260. The number of hydrogen-bond donors (Lipinski definition) is 1. The van der Waals surface area contributed by atoms with E-state index in [9.17, 15) is 13.2 Å². The van der Waals surface area contributed by atoms with E-state index in [-0.39, 0.29) is 43.1 Å². The summed E-state index contributed by atoms with van der Waals surface area (Å²) in [7, 11) is 0. The van der Waals surface area contributed by atoms with Gasteiger partial charge in [-0.2, -0.15) is 0 Å². The number of nitrogens with zero attached hydrogens (tertiary/aromatic N) is 2. The number of fused-ring (bicyclic) bond motifs is 3. The molecule has 3 aromatic rings. The molecular formula is C28H32F5N3O. The summed E-state index contributed by atoms with van der Waals surface area (Å²) in [5.74, 6) is -1.91. The molecule has 2 aliphatic rings. The zero-order chi connectivity index (χ0) is 26.5. The first-order chi connectivity index (χ1) is 17.5. The van der Waals surface area contributed by atoms with E-state index in [1.54, 1.807) is 11.0 Å². The Kier molecular flexibility index (Phi) is 6.96. The van der Waals surface area contributed by atoms with Gasteiger partial charge in [-0.1, -0.05) is 0 Å². The van der Waals surface area contributed by atoms with Crippen LogP contribution in [0.3, 0.4) is 0 Å². The maximum atomic E-state index is 15.6. The number of aromatic amines is 1. The van der Waals surface area contributed by atoms with Gasteiger partial charge in [0.15, 0.2) is 0 Å². The van der Waals surface area contributed by atoms with E-state index in [0.717, 1.165) is 23.1 Å². The van der Waals surface area contributed by atoms with Gasteiger partial charge in [0.05, 0.1) is 12.7 Å². The molecule has 0 aliphatic carbocycles. The van der Waals surface area contributed by atoms with Crippen molar-refractivity contribution in [3.8, 4) is 5.75 Å². The largest absolute Gasteiger partial charge is 0.492 e. The number of benzene rings is 2. The number of rotatable bonds is 8. The summed E-state index contributed by atoms with van der Waals surface area (Å²) < 4.78 is 78.3. The highest BCUT2D eigenvalue weighted by Gasteiger charge is 2.41. The lowest BCUT2D eigenvalue weighted by Crippen LogP contribution is -2.49. The Balaban J connectivity index is 1.48. The summed E-state index contributed by atoms with van der Waals surface area (Å²) in [4.78, 5) is 6.96. The minimum atomic E-state index is -1.61. The highest BCUT2D eigenvalue weighted by atomic mass is 19.2. The number of ether oxygens (including phenoxy) is 1. The van der Waals surface area contributed by atoms with Gasteiger partial charge >= 0.3 is 0 Å². The highest BCUT2D eigenvalue weighted by molar-refractivity contribution is 5.85. The summed E-state index contributed by atoms with van der Waals surface area (Å²) >= 11 is 0. The molecule has 0 bridgehead atoms. The normalized spacial score (nSPS) is 21.3. The zero-order valence-electron chi connectivity index (χ0n) is 21.3. The van der Waals surface area contributed by atoms with Gasteiger partial charge in [-0.05, 0) is 51.0 Å². The van der Waals surface area contributed by atoms with Crippen LogP contribution in [0.15, 0.2) is 30.3 Å². The molecule has 1 N–H and O–H groups in total. The smallest absolute Gasteiger partial charge is 0.135 e. The third-order valence-electron chi connectivity index (χ3n) is 7.38. The lowest BCUT2D eigenvalue weighted by atomic mass is 9.87. The number of halogens is 5. The van der Waals surface area contributed by atoms with Crippen molar-refractivity contribution in [1.82, 2.24) is 14.8 Å². The van der Waals surface area contributed by atoms with E-state index < -0.39 is 29.2 Å². The van der Waals surface area contributed by atoms with E-state index in [0.29, 0.717) is 37.3 Å². The molecule has 5 rings (SSSR count). The van der Waals surface area contributed by atoms with Crippen molar-refractivity contribution in [2.75, 3.05) is 39.5 Å². The van der Waals surface area contributed by atoms with Crippen LogP contribution >= 0.6 is 0 Å². The minimum absolute atomic E-state index is 0.0468. The summed E-state index contributed by atoms with van der Waals surface area (Å²) in [5.41, 5.74) is 0.0986. The van der Waals surface area contributed by atoms with E-state index in [2.05, 4.69) is 4.98 Å². The predicted octanol–water partition coefficient (Wildman–Crippen LogP) is 5.95. The summed E-state index contributed by atoms with van der Waals surface area (Å²) in [6.07, 6.45) is 0.526. The molecule has 3 heterocycles. The van der Waals surface area contributed by atoms with E-state index in [4.69, 9.17) is 4.74 Å². The fourth-order valence-electron chi connectivity index (χ4n) is 5.68. The molecule has 4 nitrogen and oxygen atoms in total. The van der Waals surface area contributed by atoms with Crippen molar-refractivity contribution >= 4 is 10.9 Å². The fourth-order valence-corrected chi connectivity index (χ4v) is 5.68. The predicted molar refractivity (Wildman–Crippen MR) is 133 cm³/mol. The van der Waals surface area contributed by atoms with Crippen LogP contribution in [0.4, 0.5) is 22.0 Å². The van der Waals surface area contributed by atoms with Gasteiger partial charge < -0.3 is 9.72 Å². The van der Waals surface area contributed by atoms with Crippen molar-refractivity contribution in [3.63, 3.8) is 0 Å². The molecule has 200 valence electrons. The van der Waals surface area contributed by atoms with Gasteiger partial charge in [0.25, 0.3) is 0 Å². The molecule has 1 fully saturated rings. The Morgan fingerprint density at radius 3 is 2.43 bits per heavy atom. The van der Waals surface area contributed by atoms with Crippen LogP contribution < -0.4 is 4.74 Å². The number of H-pyrrole nitrogens is 1. The van der Waals surface area contributed by atoms with Crippen molar-refractivity contribution in [1.29, 1.82) is 0 Å². The number of hydrogen-bond acceptors (Lipinski definition) is 3. The van der Waals surface area contributed by atoms with Crippen LogP contribution in [0.5, 0.6) is 5.75 Å². The van der Waals surface area contributed by atoms with Crippen molar-refractivity contribution < 1.29 is 26.7 Å². The molecule has 0 unspecified atom stereocenters. The second kappa shape index (κ2) is 9.91. The Hall–Kier alpha value is -2.65.